The summed E-state index contributed by atoms with van der Waals surface area (Å²) < 4.78 is 12.0. The first-order valence-electron chi connectivity index (χ1n) is 10.5. The van der Waals surface area contributed by atoms with Gasteiger partial charge in [0.05, 0.1) is 12.7 Å². The lowest BCUT2D eigenvalue weighted by molar-refractivity contribution is -0.131. The van der Waals surface area contributed by atoms with Gasteiger partial charge in [-0.3, -0.25) is 0 Å². The van der Waals surface area contributed by atoms with E-state index >= 15 is 0 Å². The van der Waals surface area contributed by atoms with Crippen LogP contribution < -0.4 is 4.74 Å². The van der Waals surface area contributed by atoms with Crippen LogP contribution in [0.25, 0.3) is 6.08 Å². The normalized spacial score (nSPS) is 19.6. The van der Waals surface area contributed by atoms with Crippen LogP contribution in [0.1, 0.15) is 63.4 Å². The van der Waals surface area contributed by atoms with Crippen molar-refractivity contribution >= 4 is 12.0 Å². The summed E-state index contributed by atoms with van der Waals surface area (Å²) in [5, 5.41) is 8.65. The molecule has 0 aromatic heterocycles. The van der Waals surface area contributed by atoms with Crippen LogP contribution in [0.3, 0.4) is 0 Å². The van der Waals surface area contributed by atoms with Crippen molar-refractivity contribution in [3.8, 4) is 5.75 Å². The van der Waals surface area contributed by atoms with E-state index in [1.807, 2.05) is 30.3 Å². The zero-order valence-electron chi connectivity index (χ0n) is 16.9. The second-order valence-corrected chi connectivity index (χ2v) is 7.56. The fourth-order valence-electron chi connectivity index (χ4n) is 3.52. The number of benzene rings is 1. The summed E-state index contributed by atoms with van der Waals surface area (Å²) >= 11 is 0. The van der Waals surface area contributed by atoms with E-state index in [4.69, 9.17) is 14.6 Å². The average molecular weight is 387 g/mol. The maximum Gasteiger partial charge on any atom is 0.328 e. The third-order valence-corrected chi connectivity index (χ3v) is 5.23. The molecule has 1 saturated carbocycles. The molecular formula is C24H34O4. The molecule has 4 heteroatoms. The van der Waals surface area contributed by atoms with Gasteiger partial charge in [-0.2, -0.15) is 0 Å². The van der Waals surface area contributed by atoms with Crippen LogP contribution in [0.4, 0.5) is 0 Å². The molecule has 1 N–H and O–H groups in total. The molecule has 1 aliphatic carbocycles. The first-order chi connectivity index (χ1) is 13.7. The zero-order chi connectivity index (χ0) is 20.0. The van der Waals surface area contributed by atoms with Gasteiger partial charge in [0.1, 0.15) is 5.75 Å². The predicted molar refractivity (Wildman–Crippen MR) is 114 cm³/mol. The van der Waals surface area contributed by atoms with Crippen LogP contribution in [0, 0.1) is 5.92 Å². The van der Waals surface area contributed by atoms with Gasteiger partial charge in [-0.15, -0.1) is 6.58 Å². The number of hydrogen-bond acceptors (Lipinski definition) is 3. The van der Waals surface area contributed by atoms with Crippen molar-refractivity contribution in [1.82, 2.24) is 0 Å². The molecule has 0 bridgehead atoms. The minimum atomic E-state index is -0.941. The van der Waals surface area contributed by atoms with Gasteiger partial charge >= 0.3 is 5.97 Å². The van der Waals surface area contributed by atoms with Gasteiger partial charge in [0.2, 0.25) is 0 Å². The fraction of sp³-hybridized carbons (Fsp3) is 0.542. The molecule has 2 rings (SSSR count). The number of unbranched alkanes of at least 4 members (excludes halogenated alkanes) is 4. The van der Waals surface area contributed by atoms with Crippen molar-refractivity contribution < 1.29 is 19.4 Å². The van der Waals surface area contributed by atoms with E-state index in [0.717, 1.165) is 69.1 Å². The van der Waals surface area contributed by atoms with Crippen LogP contribution in [0.2, 0.25) is 0 Å². The third-order valence-electron chi connectivity index (χ3n) is 5.23. The number of carboxylic acids is 1. The molecule has 1 aromatic carbocycles. The lowest BCUT2D eigenvalue weighted by Gasteiger charge is -2.28. The highest BCUT2D eigenvalue weighted by molar-refractivity contribution is 5.85. The van der Waals surface area contributed by atoms with E-state index in [0.29, 0.717) is 12.0 Å². The number of carbonyl (C=O) groups is 1. The highest BCUT2D eigenvalue weighted by atomic mass is 16.5. The van der Waals surface area contributed by atoms with Gasteiger partial charge in [0.25, 0.3) is 0 Å². The van der Waals surface area contributed by atoms with Crippen LogP contribution in [-0.4, -0.2) is 30.4 Å². The quantitative estimate of drug-likeness (QED) is 0.261. The second-order valence-electron chi connectivity index (χ2n) is 7.56. The van der Waals surface area contributed by atoms with Crippen molar-refractivity contribution in [1.29, 1.82) is 0 Å². The summed E-state index contributed by atoms with van der Waals surface area (Å²) in [5.74, 6) is 0.482. The Labute approximate surface area is 169 Å². The van der Waals surface area contributed by atoms with Crippen molar-refractivity contribution in [3.63, 3.8) is 0 Å². The maximum absolute atomic E-state index is 10.5. The predicted octanol–water partition coefficient (Wildman–Crippen LogP) is 5.88. The maximum atomic E-state index is 10.5. The van der Waals surface area contributed by atoms with Crippen molar-refractivity contribution in [3.05, 3.63) is 48.6 Å². The Bertz CT molecular complexity index is 598. The molecule has 0 aliphatic heterocycles. The number of ether oxygens (including phenoxy) is 2. The minimum Gasteiger partial charge on any atom is -0.493 e. The number of carboxylic acid groups (broad SMARTS) is 1. The molecule has 28 heavy (non-hydrogen) atoms. The largest absolute Gasteiger partial charge is 0.493 e. The standard InChI is InChI=1S/C24H34O4/c1-2-3-4-5-6-7-18-27-22-15-10-21(11-16-22)19-28-23-13-8-20(9-14-23)12-17-24(25)26/h2,8-9,12-14,17,21-22H,1,3-7,10-11,15-16,18-19H2,(H,25,26)/b17-12+. The van der Waals surface area contributed by atoms with Gasteiger partial charge in [-0.05, 0) is 74.6 Å². The van der Waals surface area contributed by atoms with Crippen molar-refractivity contribution in [2.24, 2.45) is 5.92 Å². The van der Waals surface area contributed by atoms with E-state index < -0.39 is 5.97 Å². The van der Waals surface area contributed by atoms with E-state index in [1.165, 1.54) is 19.3 Å². The Morgan fingerprint density at radius 1 is 1.07 bits per heavy atom. The van der Waals surface area contributed by atoms with E-state index in [9.17, 15) is 4.79 Å². The van der Waals surface area contributed by atoms with E-state index in [1.54, 1.807) is 6.08 Å². The number of allylic oxidation sites excluding steroid dienone is 1. The Morgan fingerprint density at radius 2 is 1.79 bits per heavy atom. The molecule has 0 heterocycles. The van der Waals surface area contributed by atoms with E-state index in [2.05, 4.69) is 6.58 Å². The highest BCUT2D eigenvalue weighted by Gasteiger charge is 2.22. The summed E-state index contributed by atoms with van der Waals surface area (Å²) in [4.78, 5) is 10.5. The monoisotopic (exact) mass is 386 g/mol. The van der Waals surface area contributed by atoms with Crippen LogP contribution in [0.5, 0.6) is 5.75 Å². The Kier molecular flexibility index (Phi) is 10.4. The first-order valence-corrected chi connectivity index (χ1v) is 10.5. The fourth-order valence-corrected chi connectivity index (χ4v) is 3.52. The van der Waals surface area contributed by atoms with Crippen molar-refractivity contribution in [2.75, 3.05) is 13.2 Å². The number of hydrogen-bond donors (Lipinski definition) is 1. The Balaban J connectivity index is 1.56. The molecule has 0 amide bonds. The molecular weight excluding hydrogens is 352 g/mol. The average Bonchev–Trinajstić information content (AvgIpc) is 2.71. The zero-order valence-corrected chi connectivity index (χ0v) is 16.9. The molecule has 1 fully saturated rings. The lowest BCUT2D eigenvalue weighted by Crippen LogP contribution is -2.25. The van der Waals surface area contributed by atoms with Crippen molar-refractivity contribution in [2.45, 2.75) is 63.9 Å². The van der Waals surface area contributed by atoms with E-state index in [-0.39, 0.29) is 0 Å². The summed E-state index contributed by atoms with van der Waals surface area (Å²) in [5.41, 5.74) is 0.855. The molecule has 0 radical (unpaired) electrons. The molecule has 1 aromatic rings. The topological polar surface area (TPSA) is 55.8 Å². The van der Waals surface area contributed by atoms with Gasteiger partial charge in [0.15, 0.2) is 0 Å². The molecule has 154 valence electrons. The van der Waals surface area contributed by atoms with Gasteiger partial charge < -0.3 is 14.6 Å². The third kappa shape index (κ3) is 9.23. The SMILES string of the molecule is C=CCCCCCCOC1CCC(COc2ccc(/C=C/C(=O)O)cc2)CC1. The molecule has 1 aliphatic rings. The highest BCUT2D eigenvalue weighted by Crippen LogP contribution is 2.27. The summed E-state index contributed by atoms with van der Waals surface area (Å²) in [7, 11) is 0. The Hall–Kier alpha value is -2.07. The van der Waals surface area contributed by atoms with Gasteiger partial charge in [-0.1, -0.05) is 31.1 Å². The molecule has 0 unspecified atom stereocenters. The smallest absolute Gasteiger partial charge is 0.328 e. The van der Waals surface area contributed by atoms with Gasteiger partial charge in [-0.25, -0.2) is 4.79 Å². The second kappa shape index (κ2) is 13.2. The van der Waals surface area contributed by atoms with Crippen LogP contribution in [-0.2, 0) is 9.53 Å². The summed E-state index contributed by atoms with van der Waals surface area (Å²) in [6.07, 6.45) is 15.8. The molecule has 0 spiro atoms. The summed E-state index contributed by atoms with van der Waals surface area (Å²) in [6.45, 7) is 5.38. The number of rotatable bonds is 13. The molecule has 0 atom stereocenters. The molecule has 4 nitrogen and oxygen atoms in total. The van der Waals surface area contributed by atoms with Crippen LogP contribution >= 0.6 is 0 Å². The minimum absolute atomic E-state index is 0.421. The summed E-state index contributed by atoms with van der Waals surface area (Å²) in [6, 6.07) is 7.53. The molecule has 0 saturated heterocycles. The van der Waals surface area contributed by atoms with Crippen LogP contribution in [0.15, 0.2) is 43.0 Å². The lowest BCUT2D eigenvalue weighted by atomic mass is 9.88. The van der Waals surface area contributed by atoms with Gasteiger partial charge in [0, 0.05) is 12.7 Å². The first kappa shape index (κ1) is 22.2. The Morgan fingerprint density at radius 3 is 2.46 bits per heavy atom. The number of aliphatic carboxylic acids is 1.